The molecule has 0 aliphatic heterocycles. The molecule has 1 unspecified atom stereocenters. The molecule has 0 spiro atoms. The highest BCUT2D eigenvalue weighted by molar-refractivity contribution is 4.77. The lowest BCUT2D eigenvalue weighted by atomic mass is 10.4. The molecule has 0 aromatic carbocycles. The first-order chi connectivity index (χ1) is 3.18. The Bertz CT molecular complexity index is 60.0. The van der Waals surface area contributed by atoms with Crippen LogP contribution in [0.15, 0.2) is 6.08 Å². The molecule has 0 fully saturated rings. The quantitative estimate of drug-likeness (QED) is 0.505. The molecule has 0 bridgehead atoms. The minimum Gasteiger partial charge on any atom is -0.237 e. The second-order valence-electron chi connectivity index (χ2n) is 0.971. The number of halogens is 3. The number of alkyl halides is 3. The van der Waals surface area contributed by atoms with Crippen molar-refractivity contribution in [1.82, 2.24) is 0 Å². The second-order valence-corrected chi connectivity index (χ2v) is 0.971. The Morgan fingerprint density at radius 3 is 1.71 bits per heavy atom. The Morgan fingerprint density at radius 2 is 1.71 bits per heavy atom. The van der Waals surface area contributed by atoms with E-state index in [1.54, 1.807) is 0 Å². The van der Waals surface area contributed by atoms with Crippen LogP contribution in [0.1, 0.15) is 0 Å². The molecule has 0 nitrogen and oxygen atoms in total. The molecule has 0 heterocycles. The first-order valence-electron chi connectivity index (χ1n) is 1.65. The van der Waals surface area contributed by atoms with E-state index in [0.717, 1.165) is 0 Å². The zero-order valence-electron chi connectivity index (χ0n) is 3.44. The average Bonchev–Trinajstić information content (AvgIpc) is 1.65. The van der Waals surface area contributed by atoms with Gasteiger partial charge in [-0.3, -0.25) is 0 Å². The molecule has 0 N–H and O–H groups in total. The van der Waals surface area contributed by atoms with E-state index < -0.39 is 12.6 Å². The summed E-state index contributed by atoms with van der Waals surface area (Å²) in [6, 6.07) is 0. The molecule has 0 aliphatic carbocycles. The second kappa shape index (κ2) is 2.66. The van der Waals surface area contributed by atoms with E-state index in [1.165, 1.54) is 0 Å². The van der Waals surface area contributed by atoms with Crippen molar-refractivity contribution in [2.75, 3.05) is 0 Å². The van der Waals surface area contributed by atoms with Crippen LogP contribution in [-0.4, -0.2) is 12.6 Å². The van der Waals surface area contributed by atoms with Gasteiger partial charge in [-0.15, -0.1) is 0 Å². The number of rotatable bonds is 2. The largest absolute Gasteiger partial charge is 0.272 e. The van der Waals surface area contributed by atoms with E-state index >= 15 is 0 Å². The van der Waals surface area contributed by atoms with Crippen molar-refractivity contribution in [3.8, 4) is 0 Å². The molecule has 0 aromatic rings. The summed E-state index contributed by atoms with van der Waals surface area (Å²) in [7, 11) is 0. The minimum absolute atomic E-state index is 0.324. The highest BCUT2D eigenvalue weighted by Crippen LogP contribution is 2.04. The average molecular weight is 109 g/mol. The van der Waals surface area contributed by atoms with Gasteiger partial charge in [0.15, 0.2) is 6.17 Å². The smallest absolute Gasteiger partial charge is 0.237 e. The SMILES string of the molecule is [CH]=CC(F)C(F)F. The standard InChI is InChI=1S/C4H4F3/c1-2-3(5)4(6)7/h1-4H. The summed E-state index contributed by atoms with van der Waals surface area (Å²) in [4.78, 5) is 0. The van der Waals surface area contributed by atoms with Crippen LogP contribution in [-0.2, 0) is 0 Å². The zero-order valence-corrected chi connectivity index (χ0v) is 3.44. The maximum Gasteiger partial charge on any atom is 0.272 e. The third-order valence-corrected chi connectivity index (χ3v) is 0.425. The predicted molar refractivity (Wildman–Crippen MR) is 19.8 cm³/mol. The van der Waals surface area contributed by atoms with Crippen LogP contribution in [0, 0.1) is 6.58 Å². The fourth-order valence-corrected chi connectivity index (χ4v) is 0.0840. The summed E-state index contributed by atoms with van der Waals surface area (Å²) in [5, 5.41) is 0. The fraction of sp³-hybridized carbons (Fsp3) is 0.500. The van der Waals surface area contributed by atoms with Gasteiger partial charge in [0.2, 0.25) is 0 Å². The lowest BCUT2D eigenvalue weighted by Crippen LogP contribution is -2.06. The molecule has 0 saturated heterocycles. The Balaban J connectivity index is 3.33. The van der Waals surface area contributed by atoms with Gasteiger partial charge in [-0.1, -0.05) is 6.58 Å². The summed E-state index contributed by atoms with van der Waals surface area (Å²) in [6.07, 6.45) is -4.94. The van der Waals surface area contributed by atoms with Gasteiger partial charge in [0.1, 0.15) is 0 Å². The third kappa shape index (κ3) is 2.25. The first-order valence-corrected chi connectivity index (χ1v) is 1.65. The van der Waals surface area contributed by atoms with Crippen LogP contribution in [0.3, 0.4) is 0 Å². The molecule has 7 heavy (non-hydrogen) atoms. The van der Waals surface area contributed by atoms with E-state index in [1.807, 2.05) is 0 Å². The maximum atomic E-state index is 11.3. The van der Waals surface area contributed by atoms with Gasteiger partial charge in [0.25, 0.3) is 6.43 Å². The molecule has 0 amide bonds. The number of hydrogen-bond donors (Lipinski definition) is 0. The van der Waals surface area contributed by atoms with E-state index in [4.69, 9.17) is 0 Å². The van der Waals surface area contributed by atoms with E-state index in [-0.39, 0.29) is 0 Å². The molecule has 1 radical (unpaired) electrons. The van der Waals surface area contributed by atoms with Crippen LogP contribution in [0.25, 0.3) is 0 Å². The lowest BCUT2D eigenvalue weighted by Gasteiger charge is -1.95. The van der Waals surface area contributed by atoms with Crippen LogP contribution in [0.5, 0.6) is 0 Å². The van der Waals surface area contributed by atoms with Gasteiger partial charge in [0.05, 0.1) is 0 Å². The molecular weight excluding hydrogens is 105 g/mol. The van der Waals surface area contributed by atoms with E-state index in [0.29, 0.717) is 6.08 Å². The summed E-state index contributed by atoms with van der Waals surface area (Å²) in [5.74, 6) is 0. The minimum atomic E-state index is -2.98. The number of hydrogen-bond acceptors (Lipinski definition) is 0. The monoisotopic (exact) mass is 109 g/mol. The van der Waals surface area contributed by atoms with Gasteiger partial charge < -0.3 is 0 Å². The highest BCUT2D eigenvalue weighted by atomic mass is 19.3. The van der Waals surface area contributed by atoms with Gasteiger partial charge in [-0.05, 0) is 6.08 Å². The summed E-state index contributed by atoms with van der Waals surface area (Å²) < 4.78 is 33.2. The molecular formula is C4H4F3. The molecule has 0 saturated carbocycles. The van der Waals surface area contributed by atoms with E-state index in [9.17, 15) is 13.2 Å². The van der Waals surface area contributed by atoms with Gasteiger partial charge in [-0.2, -0.15) is 0 Å². The van der Waals surface area contributed by atoms with Gasteiger partial charge >= 0.3 is 0 Å². The van der Waals surface area contributed by atoms with Crippen molar-refractivity contribution in [3.63, 3.8) is 0 Å². The zero-order chi connectivity index (χ0) is 5.86. The van der Waals surface area contributed by atoms with Crippen molar-refractivity contribution < 1.29 is 13.2 Å². The lowest BCUT2D eigenvalue weighted by molar-refractivity contribution is 0.0751. The molecule has 0 aliphatic rings. The Hall–Kier alpha value is -0.470. The topological polar surface area (TPSA) is 0 Å². The van der Waals surface area contributed by atoms with Crippen LogP contribution >= 0.6 is 0 Å². The van der Waals surface area contributed by atoms with Crippen LogP contribution in [0.4, 0.5) is 13.2 Å². The summed E-state index contributed by atoms with van der Waals surface area (Å²) in [6.45, 7) is 4.39. The van der Waals surface area contributed by atoms with Crippen molar-refractivity contribution in [2.45, 2.75) is 12.6 Å². The molecule has 1 atom stereocenters. The molecule has 0 aromatic heterocycles. The van der Waals surface area contributed by atoms with Crippen LogP contribution in [0.2, 0.25) is 0 Å². The maximum absolute atomic E-state index is 11.3. The van der Waals surface area contributed by atoms with Gasteiger partial charge in [-0.25, -0.2) is 13.2 Å². The molecule has 3 heteroatoms. The Morgan fingerprint density at radius 1 is 1.29 bits per heavy atom. The van der Waals surface area contributed by atoms with Gasteiger partial charge in [0, 0.05) is 0 Å². The summed E-state index contributed by atoms with van der Waals surface area (Å²) in [5.41, 5.74) is 0. The predicted octanol–water partition coefficient (Wildman–Crippen LogP) is 1.58. The van der Waals surface area contributed by atoms with Crippen molar-refractivity contribution in [3.05, 3.63) is 12.7 Å². The van der Waals surface area contributed by atoms with Crippen molar-refractivity contribution in [1.29, 1.82) is 0 Å². The fourth-order valence-electron chi connectivity index (χ4n) is 0.0840. The first kappa shape index (κ1) is 6.53. The van der Waals surface area contributed by atoms with E-state index in [2.05, 4.69) is 6.58 Å². The molecule has 41 valence electrons. The third-order valence-electron chi connectivity index (χ3n) is 0.425. The van der Waals surface area contributed by atoms with Crippen molar-refractivity contribution in [2.24, 2.45) is 0 Å². The molecule has 0 rings (SSSR count). The normalized spacial score (nSPS) is 14.3. The highest BCUT2D eigenvalue weighted by Gasteiger charge is 2.13. The Labute approximate surface area is 39.6 Å². The number of allylic oxidation sites excluding steroid dienone is 1. The summed E-state index contributed by atoms with van der Waals surface area (Å²) >= 11 is 0. The Kier molecular flexibility index (Phi) is 2.48. The van der Waals surface area contributed by atoms with Crippen molar-refractivity contribution >= 4 is 0 Å². The van der Waals surface area contributed by atoms with Crippen LogP contribution < -0.4 is 0 Å².